The number of hydrogen-bond acceptors (Lipinski definition) is 3. The molecule has 0 bridgehead atoms. The summed E-state index contributed by atoms with van der Waals surface area (Å²) in [4.78, 5) is 4.24. The van der Waals surface area contributed by atoms with Crippen LogP contribution in [-0.2, 0) is 0 Å². The highest BCUT2D eigenvalue weighted by molar-refractivity contribution is 5.43. The van der Waals surface area contributed by atoms with Crippen LogP contribution < -0.4 is 10.6 Å². The molecule has 1 aliphatic heterocycles. The number of hydrogen-bond donors (Lipinski definition) is 2. The molecular weight excluding hydrogens is 222 g/mol. The van der Waals surface area contributed by atoms with E-state index in [1.807, 2.05) is 13.1 Å². The Labute approximate surface area is 110 Å². The first-order valence-electron chi connectivity index (χ1n) is 7.11. The molecule has 2 rings (SSSR count). The first-order valence-corrected chi connectivity index (χ1v) is 7.11. The van der Waals surface area contributed by atoms with E-state index in [-0.39, 0.29) is 0 Å². The largest absolute Gasteiger partial charge is 0.384 e. The van der Waals surface area contributed by atoms with Gasteiger partial charge in [0.2, 0.25) is 0 Å². The molecule has 0 aromatic carbocycles. The van der Waals surface area contributed by atoms with Crippen molar-refractivity contribution in [3.8, 4) is 0 Å². The van der Waals surface area contributed by atoms with Crippen molar-refractivity contribution in [3.63, 3.8) is 0 Å². The Balaban J connectivity index is 1.96. The number of pyridine rings is 1. The molecule has 3 heteroatoms. The predicted molar refractivity (Wildman–Crippen MR) is 76.9 cm³/mol. The molecule has 0 amide bonds. The quantitative estimate of drug-likeness (QED) is 0.840. The van der Waals surface area contributed by atoms with Crippen LogP contribution in [0.15, 0.2) is 18.3 Å². The Morgan fingerprint density at radius 1 is 1.39 bits per heavy atom. The van der Waals surface area contributed by atoms with Gasteiger partial charge in [0.15, 0.2) is 0 Å². The molecule has 18 heavy (non-hydrogen) atoms. The second kappa shape index (κ2) is 6.19. The number of anilines is 1. The van der Waals surface area contributed by atoms with Crippen molar-refractivity contribution in [1.29, 1.82) is 0 Å². The van der Waals surface area contributed by atoms with Gasteiger partial charge in [0, 0.05) is 24.1 Å². The fourth-order valence-corrected chi connectivity index (χ4v) is 2.95. The van der Waals surface area contributed by atoms with Crippen LogP contribution >= 0.6 is 0 Å². The molecule has 0 radical (unpaired) electrons. The van der Waals surface area contributed by atoms with E-state index in [1.165, 1.54) is 31.4 Å². The van der Waals surface area contributed by atoms with Gasteiger partial charge in [-0.1, -0.05) is 13.3 Å². The summed E-state index contributed by atoms with van der Waals surface area (Å²) >= 11 is 0. The third-order valence-electron chi connectivity index (χ3n) is 4.01. The van der Waals surface area contributed by atoms with E-state index >= 15 is 0 Å². The van der Waals surface area contributed by atoms with Crippen molar-refractivity contribution in [3.05, 3.63) is 24.0 Å². The van der Waals surface area contributed by atoms with E-state index in [9.17, 15) is 0 Å². The second-order valence-electron chi connectivity index (χ2n) is 5.54. The molecule has 1 aromatic heterocycles. The smallest absolute Gasteiger partial charge is 0.0393 e. The van der Waals surface area contributed by atoms with Crippen LogP contribution in [-0.4, -0.2) is 24.6 Å². The SMILES string of the molecule is CCCC1(CNc2ccnc(C)c2)CCNCC1. The van der Waals surface area contributed by atoms with E-state index < -0.39 is 0 Å². The number of nitrogens with zero attached hydrogens (tertiary/aromatic N) is 1. The van der Waals surface area contributed by atoms with Crippen molar-refractivity contribution in [1.82, 2.24) is 10.3 Å². The normalized spacial score (nSPS) is 18.6. The van der Waals surface area contributed by atoms with Crippen LogP contribution in [0.5, 0.6) is 0 Å². The van der Waals surface area contributed by atoms with Crippen LogP contribution in [0.3, 0.4) is 0 Å². The first-order chi connectivity index (χ1) is 8.74. The summed E-state index contributed by atoms with van der Waals surface area (Å²) in [6.45, 7) is 7.75. The molecule has 2 heterocycles. The van der Waals surface area contributed by atoms with Gasteiger partial charge in [-0.05, 0) is 56.8 Å². The third kappa shape index (κ3) is 3.45. The summed E-state index contributed by atoms with van der Waals surface area (Å²) in [6.07, 6.45) is 7.06. The molecule has 1 aromatic rings. The zero-order valence-corrected chi connectivity index (χ0v) is 11.6. The maximum atomic E-state index is 4.24. The van der Waals surface area contributed by atoms with Crippen LogP contribution in [0.4, 0.5) is 5.69 Å². The predicted octanol–water partition coefficient (Wildman–Crippen LogP) is 2.97. The summed E-state index contributed by atoms with van der Waals surface area (Å²) in [7, 11) is 0. The maximum Gasteiger partial charge on any atom is 0.0393 e. The Morgan fingerprint density at radius 2 is 2.17 bits per heavy atom. The Kier molecular flexibility index (Phi) is 4.59. The van der Waals surface area contributed by atoms with Gasteiger partial charge in [-0.2, -0.15) is 0 Å². The minimum absolute atomic E-state index is 0.483. The monoisotopic (exact) mass is 247 g/mol. The van der Waals surface area contributed by atoms with Crippen LogP contribution in [0.2, 0.25) is 0 Å². The standard InChI is InChI=1S/C15H25N3/c1-3-5-15(6-9-16-10-7-15)12-18-14-4-8-17-13(2)11-14/h4,8,11,16H,3,5-7,9-10,12H2,1-2H3,(H,17,18). The number of piperidine rings is 1. The highest BCUT2D eigenvalue weighted by Gasteiger charge is 2.30. The molecule has 2 N–H and O–H groups in total. The highest BCUT2D eigenvalue weighted by Crippen LogP contribution is 2.34. The number of rotatable bonds is 5. The van der Waals surface area contributed by atoms with Crippen molar-refractivity contribution in [2.24, 2.45) is 5.41 Å². The lowest BCUT2D eigenvalue weighted by atomic mass is 9.75. The lowest BCUT2D eigenvalue weighted by molar-refractivity contribution is 0.199. The zero-order chi connectivity index (χ0) is 12.8. The maximum absolute atomic E-state index is 4.24. The minimum atomic E-state index is 0.483. The Hall–Kier alpha value is -1.09. The van der Waals surface area contributed by atoms with E-state index in [0.29, 0.717) is 5.41 Å². The topological polar surface area (TPSA) is 37.0 Å². The Morgan fingerprint density at radius 3 is 2.83 bits per heavy atom. The molecule has 0 aliphatic carbocycles. The highest BCUT2D eigenvalue weighted by atomic mass is 14.9. The number of nitrogens with one attached hydrogen (secondary N) is 2. The molecule has 0 atom stereocenters. The van der Waals surface area contributed by atoms with Gasteiger partial charge in [0.25, 0.3) is 0 Å². The zero-order valence-electron chi connectivity index (χ0n) is 11.6. The molecule has 1 saturated heterocycles. The van der Waals surface area contributed by atoms with Gasteiger partial charge in [-0.3, -0.25) is 4.98 Å². The van der Waals surface area contributed by atoms with Crippen molar-refractivity contribution >= 4 is 5.69 Å². The van der Waals surface area contributed by atoms with E-state index in [0.717, 1.165) is 25.3 Å². The van der Waals surface area contributed by atoms with E-state index in [4.69, 9.17) is 0 Å². The summed E-state index contributed by atoms with van der Waals surface area (Å²) < 4.78 is 0. The molecule has 1 aliphatic rings. The molecule has 0 saturated carbocycles. The van der Waals surface area contributed by atoms with Gasteiger partial charge in [-0.15, -0.1) is 0 Å². The van der Waals surface area contributed by atoms with Gasteiger partial charge in [-0.25, -0.2) is 0 Å². The van der Waals surface area contributed by atoms with Gasteiger partial charge >= 0.3 is 0 Å². The number of aromatic nitrogens is 1. The average Bonchev–Trinajstić information content (AvgIpc) is 2.38. The molecule has 3 nitrogen and oxygen atoms in total. The van der Waals surface area contributed by atoms with Crippen LogP contribution in [0, 0.1) is 12.3 Å². The van der Waals surface area contributed by atoms with Gasteiger partial charge in [0.05, 0.1) is 0 Å². The van der Waals surface area contributed by atoms with E-state index in [2.05, 4.69) is 34.7 Å². The van der Waals surface area contributed by atoms with Crippen molar-refractivity contribution in [2.75, 3.05) is 25.0 Å². The second-order valence-corrected chi connectivity index (χ2v) is 5.54. The molecule has 100 valence electrons. The molecule has 0 spiro atoms. The first kappa shape index (κ1) is 13.3. The fourth-order valence-electron chi connectivity index (χ4n) is 2.95. The van der Waals surface area contributed by atoms with Gasteiger partial charge in [0.1, 0.15) is 0 Å². The summed E-state index contributed by atoms with van der Waals surface area (Å²) in [6, 6.07) is 4.19. The average molecular weight is 247 g/mol. The third-order valence-corrected chi connectivity index (χ3v) is 4.01. The molecular formula is C15H25N3. The van der Waals surface area contributed by atoms with Crippen LogP contribution in [0.1, 0.15) is 38.3 Å². The molecule has 0 unspecified atom stereocenters. The number of aryl methyl sites for hydroxylation is 1. The lowest BCUT2D eigenvalue weighted by Gasteiger charge is -2.38. The lowest BCUT2D eigenvalue weighted by Crippen LogP contribution is -2.41. The van der Waals surface area contributed by atoms with E-state index in [1.54, 1.807) is 0 Å². The summed E-state index contributed by atoms with van der Waals surface area (Å²) in [5, 5.41) is 7.08. The van der Waals surface area contributed by atoms with Crippen LogP contribution in [0.25, 0.3) is 0 Å². The minimum Gasteiger partial charge on any atom is -0.384 e. The van der Waals surface area contributed by atoms with Crippen molar-refractivity contribution in [2.45, 2.75) is 39.5 Å². The summed E-state index contributed by atoms with van der Waals surface area (Å²) in [5.41, 5.74) is 2.77. The van der Waals surface area contributed by atoms with Gasteiger partial charge < -0.3 is 10.6 Å². The van der Waals surface area contributed by atoms with Crippen molar-refractivity contribution < 1.29 is 0 Å². The molecule has 1 fully saturated rings. The Bertz CT molecular complexity index is 364. The summed E-state index contributed by atoms with van der Waals surface area (Å²) in [5.74, 6) is 0. The fraction of sp³-hybridized carbons (Fsp3) is 0.667.